The Hall–Kier alpha value is -2.96. The number of nitrogens with one attached hydrogen (secondary N) is 1. The minimum Gasteiger partial charge on any atom is -0.477 e. The third-order valence-corrected chi connectivity index (χ3v) is 3.35. The maximum Gasteiger partial charge on any atom is 0.272 e. The van der Waals surface area contributed by atoms with Crippen molar-refractivity contribution in [1.29, 1.82) is 0 Å². The van der Waals surface area contributed by atoms with E-state index in [0.717, 1.165) is 5.56 Å². The monoisotopic (exact) mass is 311 g/mol. The summed E-state index contributed by atoms with van der Waals surface area (Å²) in [6.45, 7) is 4.32. The number of hydrogen-bond donors (Lipinski definition) is 1. The third kappa shape index (κ3) is 3.28. The molecule has 0 fully saturated rings. The SMILES string of the molecule is CCOc1ccc2nc(C(=O)N[C@H](C)c3cccnc3)cn2n1. The van der Waals surface area contributed by atoms with Crippen LogP contribution in [0.1, 0.15) is 35.9 Å². The topological polar surface area (TPSA) is 81.4 Å². The number of rotatable bonds is 5. The van der Waals surface area contributed by atoms with E-state index in [1.54, 1.807) is 30.7 Å². The van der Waals surface area contributed by atoms with E-state index >= 15 is 0 Å². The van der Waals surface area contributed by atoms with E-state index in [4.69, 9.17) is 4.74 Å². The van der Waals surface area contributed by atoms with Gasteiger partial charge in [0.25, 0.3) is 5.91 Å². The fourth-order valence-electron chi connectivity index (χ4n) is 2.18. The number of amides is 1. The lowest BCUT2D eigenvalue weighted by Crippen LogP contribution is -2.26. The van der Waals surface area contributed by atoms with Crippen molar-refractivity contribution in [2.45, 2.75) is 19.9 Å². The van der Waals surface area contributed by atoms with Gasteiger partial charge in [-0.05, 0) is 31.5 Å². The van der Waals surface area contributed by atoms with Crippen LogP contribution < -0.4 is 10.1 Å². The van der Waals surface area contributed by atoms with E-state index < -0.39 is 0 Å². The highest BCUT2D eigenvalue weighted by atomic mass is 16.5. The van der Waals surface area contributed by atoms with E-state index in [9.17, 15) is 4.79 Å². The van der Waals surface area contributed by atoms with Crippen molar-refractivity contribution >= 4 is 11.6 Å². The van der Waals surface area contributed by atoms with Gasteiger partial charge in [0, 0.05) is 18.5 Å². The number of fused-ring (bicyclic) bond motifs is 1. The molecule has 23 heavy (non-hydrogen) atoms. The van der Waals surface area contributed by atoms with Crippen molar-refractivity contribution in [3.05, 3.63) is 54.1 Å². The summed E-state index contributed by atoms with van der Waals surface area (Å²) in [7, 11) is 0. The first-order valence-electron chi connectivity index (χ1n) is 7.37. The molecular formula is C16H17N5O2. The number of pyridine rings is 1. The van der Waals surface area contributed by atoms with Crippen molar-refractivity contribution in [2.75, 3.05) is 6.61 Å². The van der Waals surface area contributed by atoms with Gasteiger partial charge >= 0.3 is 0 Å². The summed E-state index contributed by atoms with van der Waals surface area (Å²) >= 11 is 0. The zero-order valence-corrected chi connectivity index (χ0v) is 12.9. The fourth-order valence-corrected chi connectivity index (χ4v) is 2.18. The van der Waals surface area contributed by atoms with Gasteiger partial charge in [-0.15, -0.1) is 5.10 Å². The van der Waals surface area contributed by atoms with E-state index in [0.29, 0.717) is 23.8 Å². The lowest BCUT2D eigenvalue weighted by atomic mass is 10.1. The van der Waals surface area contributed by atoms with Gasteiger partial charge in [0.15, 0.2) is 5.65 Å². The second kappa shape index (κ2) is 6.43. The predicted molar refractivity (Wildman–Crippen MR) is 84.3 cm³/mol. The zero-order valence-electron chi connectivity index (χ0n) is 12.9. The maximum absolute atomic E-state index is 12.3. The Morgan fingerprint density at radius 3 is 3.00 bits per heavy atom. The van der Waals surface area contributed by atoms with Gasteiger partial charge in [-0.3, -0.25) is 9.78 Å². The van der Waals surface area contributed by atoms with Crippen LogP contribution in [0.15, 0.2) is 42.9 Å². The van der Waals surface area contributed by atoms with Crippen LogP contribution in [-0.4, -0.2) is 32.1 Å². The highest BCUT2D eigenvalue weighted by Gasteiger charge is 2.15. The Bertz CT molecular complexity index is 816. The van der Waals surface area contributed by atoms with Crippen molar-refractivity contribution < 1.29 is 9.53 Å². The van der Waals surface area contributed by atoms with Gasteiger partial charge in [0.05, 0.1) is 18.8 Å². The molecule has 0 saturated heterocycles. The van der Waals surface area contributed by atoms with Crippen LogP contribution in [0.5, 0.6) is 5.88 Å². The molecule has 0 aliphatic heterocycles. The molecule has 3 aromatic rings. The molecule has 0 spiro atoms. The smallest absolute Gasteiger partial charge is 0.272 e. The summed E-state index contributed by atoms with van der Waals surface area (Å²) < 4.78 is 6.88. The summed E-state index contributed by atoms with van der Waals surface area (Å²) in [5.74, 6) is 0.234. The number of aromatic nitrogens is 4. The van der Waals surface area contributed by atoms with Crippen molar-refractivity contribution in [3.63, 3.8) is 0 Å². The molecule has 0 aliphatic carbocycles. The number of carbonyl (C=O) groups excluding carboxylic acids is 1. The lowest BCUT2D eigenvalue weighted by molar-refractivity contribution is 0.0935. The molecule has 0 radical (unpaired) electrons. The Labute approximate surface area is 133 Å². The highest BCUT2D eigenvalue weighted by molar-refractivity contribution is 5.93. The lowest BCUT2D eigenvalue weighted by Gasteiger charge is -2.12. The zero-order chi connectivity index (χ0) is 16.2. The molecule has 0 saturated carbocycles. The molecule has 1 N–H and O–H groups in total. The average Bonchev–Trinajstić information content (AvgIpc) is 2.99. The average molecular weight is 311 g/mol. The van der Waals surface area contributed by atoms with Gasteiger partial charge < -0.3 is 10.1 Å². The molecule has 1 amide bonds. The van der Waals surface area contributed by atoms with Gasteiger partial charge in [0.2, 0.25) is 5.88 Å². The van der Waals surface area contributed by atoms with E-state index in [-0.39, 0.29) is 11.9 Å². The Kier molecular flexibility index (Phi) is 4.18. The summed E-state index contributed by atoms with van der Waals surface area (Å²) in [5.41, 5.74) is 1.83. The predicted octanol–water partition coefficient (Wildman–Crippen LogP) is 2.01. The van der Waals surface area contributed by atoms with Gasteiger partial charge in [-0.25, -0.2) is 9.50 Å². The summed E-state index contributed by atoms with van der Waals surface area (Å²) in [5, 5.41) is 7.15. The molecule has 3 rings (SSSR count). The molecule has 3 aromatic heterocycles. The Morgan fingerprint density at radius 1 is 1.39 bits per heavy atom. The molecule has 3 heterocycles. The molecule has 0 bridgehead atoms. The van der Waals surface area contributed by atoms with E-state index in [2.05, 4.69) is 20.4 Å². The quantitative estimate of drug-likeness (QED) is 0.779. The van der Waals surface area contributed by atoms with Crippen LogP contribution in [0.25, 0.3) is 5.65 Å². The van der Waals surface area contributed by atoms with E-state index in [1.165, 1.54) is 4.52 Å². The normalized spacial score (nSPS) is 12.1. The van der Waals surface area contributed by atoms with Crippen LogP contribution in [0.4, 0.5) is 0 Å². The fraction of sp³-hybridized carbons (Fsp3) is 0.250. The molecule has 7 heteroatoms. The van der Waals surface area contributed by atoms with Crippen LogP contribution in [0, 0.1) is 0 Å². The van der Waals surface area contributed by atoms with Crippen LogP contribution in [0.3, 0.4) is 0 Å². The van der Waals surface area contributed by atoms with Crippen LogP contribution in [0.2, 0.25) is 0 Å². The van der Waals surface area contributed by atoms with Crippen LogP contribution >= 0.6 is 0 Å². The minimum atomic E-state index is -0.259. The maximum atomic E-state index is 12.3. The van der Waals surface area contributed by atoms with E-state index in [1.807, 2.05) is 26.0 Å². The number of carbonyl (C=O) groups is 1. The Morgan fingerprint density at radius 2 is 2.26 bits per heavy atom. The molecule has 7 nitrogen and oxygen atoms in total. The first-order chi connectivity index (χ1) is 11.2. The Balaban J connectivity index is 1.78. The molecule has 0 unspecified atom stereocenters. The second-order valence-corrected chi connectivity index (χ2v) is 5.02. The largest absolute Gasteiger partial charge is 0.477 e. The summed E-state index contributed by atoms with van der Waals surface area (Å²) in [4.78, 5) is 20.7. The molecule has 0 aliphatic rings. The number of hydrogen-bond acceptors (Lipinski definition) is 5. The van der Waals surface area contributed by atoms with Gasteiger partial charge in [-0.2, -0.15) is 0 Å². The highest BCUT2D eigenvalue weighted by Crippen LogP contribution is 2.13. The van der Waals surface area contributed by atoms with Crippen molar-refractivity contribution in [2.24, 2.45) is 0 Å². The number of ether oxygens (including phenoxy) is 1. The molecular weight excluding hydrogens is 294 g/mol. The summed E-state index contributed by atoms with van der Waals surface area (Å²) in [6, 6.07) is 7.08. The first-order valence-corrected chi connectivity index (χ1v) is 7.37. The molecule has 118 valence electrons. The van der Waals surface area contributed by atoms with Gasteiger partial charge in [-0.1, -0.05) is 6.07 Å². The standard InChI is InChI=1S/C16H17N5O2/c1-3-23-15-7-6-14-19-13(10-21(14)20-15)16(22)18-11(2)12-5-4-8-17-9-12/h4-11H,3H2,1-2H3,(H,18,22)/t11-/m1/s1. The van der Waals surface area contributed by atoms with Crippen LogP contribution in [-0.2, 0) is 0 Å². The first kappa shape index (κ1) is 15.0. The molecule has 1 atom stereocenters. The van der Waals surface area contributed by atoms with Crippen molar-refractivity contribution in [3.8, 4) is 5.88 Å². The number of imidazole rings is 1. The van der Waals surface area contributed by atoms with Gasteiger partial charge in [0.1, 0.15) is 5.69 Å². The second-order valence-electron chi connectivity index (χ2n) is 5.02. The molecule has 0 aromatic carbocycles. The third-order valence-electron chi connectivity index (χ3n) is 3.35. The minimum absolute atomic E-state index is 0.159. The number of nitrogens with zero attached hydrogens (tertiary/aromatic N) is 4. The van der Waals surface area contributed by atoms with Crippen molar-refractivity contribution in [1.82, 2.24) is 24.9 Å². The summed E-state index contributed by atoms with van der Waals surface area (Å²) in [6.07, 6.45) is 5.01.